The molecule has 0 bridgehead atoms. The van der Waals surface area contributed by atoms with Crippen LogP contribution in [0.4, 0.5) is 10.5 Å². The van der Waals surface area contributed by atoms with Crippen LogP contribution in [0, 0.1) is 10.5 Å². The first-order chi connectivity index (χ1) is 10.7. The summed E-state index contributed by atoms with van der Waals surface area (Å²) in [6, 6.07) is 5.33. The van der Waals surface area contributed by atoms with Crippen molar-refractivity contribution in [1.82, 2.24) is 4.90 Å². The molecule has 0 aromatic heterocycles. The number of carbonyl (C=O) groups is 2. The van der Waals surface area contributed by atoms with Gasteiger partial charge in [0.15, 0.2) is 0 Å². The highest BCUT2D eigenvalue weighted by molar-refractivity contribution is 14.1. The fourth-order valence-corrected chi connectivity index (χ4v) is 3.93. The Balaban J connectivity index is 2.07. The lowest BCUT2D eigenvalue weighted by Crippen LogP contribution is -2.46. The molecule has 7 heteroatoms. The highest BCUT2D eigenvalue weighted by Gasteiger charge is 2.37. The summed E-state index contributed by atoms with van der Waals surface area (Å²) in [5.41, 5.74) is 1.20. The van der Waals surface area contributed by atoms with E-state index in [1.165, 1.54) is 4.90 Å². The van der Waals surface area contributed by atoms with Crippen molar-refractivity contribution in [1.29, 1.82) is 0 Å². The van der Waals surface area contributed by atoms with Crippen molar-refractivity contribution in [2.24, 2.45) is 0 Å². The normalized spacial score (nSPS) is 18.0. The Morgan fingerprint density at radius 3 is 2.70 bits per heavy atom. The van der Waals surface area contributed by atoms with Crippen molar-refractivity contribution in [3.8, 4) is 0 Å². The third-order valence-electron chi connectivity index (χ3n) is 3.26. The largest absolute Gasteiger partial charge is 0.444 e. The maximum atomic E-state index is 12.6. The Kier molecular flexibility index (Phi) is 5.83. The molecule has 1 atom stereocenters. The molecule has 1 aromatic rings. The van der Waals surface area contributed by atoms with E-state index in [0.717, 1.165) is 14.8 Å². The van der Waals surface area contributed by atoms with Gasteiger partial charge in [0.25, 0.3) is 0 Å². The number of nitrogens with one attached hydrogen (secondary N) is 1. The van der Waals surface area contributed by atoms with Crippen LogP contribution >= 0.6 is 34.4 Å². The van der Waals surface area contributed by atoms with E-state index in [9.17, 15) is 9.59 Å². The van der Waals surface area contributed by atoms with Gasteiger partial charge in [-0.25, -0.2) is 4.79 Å². The molecular formula is C16H21IN2O3S. The third kappa shape index (κ3) is 5.00. The van der Waals surface area contributed by atoms with Crippen molar-refractivity contribution >= 4 is 52.0 Å². The van der Waals surface area contributed by atoms with E-state index in [4.69, 9.17) is 4.74 Å². The predicted molar refractivity (Wildman–Crippen MR) is 102 cm³/mol. The molecule has 0 aliphatic carbocycles. The number of halogens is 1. The molecule has 0 radical (unpaired) electrons. The second-order valence-electron chi connectivity index (χ2n) is 6.41. The van der Waals surface area contributed by atoms with Gasteiger partial charge >= 0.3 is 6.09 Å². The fraction of sp³-hybridized carbons (Fsp3) is 0.500. The van der Waals surface area contributed by atoms with Crippen LogP contribution in [0.1, 0.15) is 26.3 Å². The number of thioether (sulfide) groups is 1. The van der Waals surface area contributed by atoms with Crippen LogP contribution in [-0.4, -0.2) is 40.2 Å². The number of carbonyl (C=O) groups excluding carboxylic acids is 2. The van der Waals surface area contributed by atoms with Crippen molar-refractivity contribution in [3.63, 3.8) is 0 Å². The summed E-state index contributed by atoms with van der Waals surface area (Å²) in [7, 11) is 0. The summed E-state index contributed by atoms with van der Waals surface area (Å²) >= 11 is 3.79. The number of rotatable bonds is 2. The zero-order valence-corrected chi connectivity index (χ0v) is 16.7. The highest BCUT2D eigenvalue weighted by Crippen LogP contribution is 2.25. The van der Waals surface area contributed by atoms with E-state index >= 15 is 0 Å². The van der Waals surface area contributed by atoms with Gasteiger partial charge in [0.2, 0.25) is 5.91 Å². The SMILES string of the molecule is Cc1cc(I)ccc1NC(=O)C1CSCN1C(=O)OC(C)(C)C. The quantitative estimate of drug-likeness (QED) is 0.699. The first kappa shape index (κ1) is 18.4. The number of aryl methyl sites for hydroxylation is 1. The first-order valence-electron chi connectivity index (χ1n) is 7.32. The molecule has 0 saturated carbocycles. The van der Waals surface area contributed by atoms with Crippen molar-refractivity contribution in [3.05, 3.63) is 27.3 Å². The maximum Gasteiger partial charge on any atom is 0.411 e. The lowest BCUT2D eigenvalue weighted by Gasteiger charge is -2.27. The third-order valence-corrected chi connectivity index (χ3v) is 4.94. The summed E-state index contributed by atoms with van der Waals surface area (Å²) < 4.78 is 6.50. The minimum absolute atomic E-state index is 0.176. The van der Waals surface area contributed by atoms with Gasteiger partial charge in [-0.05, 0) is 74.0 Å². The Morgan fingerprint density at radius 2 is 2.09 bits per heavy atom. The second kappa shape index (κ2) is 7.29. The molecule has 5 nitrogen and oxygen atoms in total. The Morgan fingerprint density at radius 1 is 1.39 bits per heavy atom. The van der Waals surface area contributed by atoms with E-state index < -0.39 is 17.7 Å². The molecule has 1 aliphatic rings. The molecule has 1 N–H and O–H groups in total. The Bertz CT molecular complexity index is 616. The molecule has 1 aromatic carbocycles. The Labute approximate surface area is 154 Å². The van der Waals surface area contributed by atoms with Crippen molar-refractivity contribution in [2.75, 3.05) is 16.9 Å². The zero-order valence-electron chi connectivity index (χ0n) is 13.7. The molecule has 1 unspecified atom stereocenters. The monoisotopic (exact) mass is 448 g/mol. The van der Waals surface area contributed by atoms with Gasteiger partial charge in [-0.1, -0.05) is 0 Å². The summed E-state index contributed by atoms with van der Waals surface area (Å²) in [4.78, 5) is 26.3. The van der Waals surface area contributed by atoms with E-state index in [1.54, 1.807) is 11.8 Å². The predicted octanol–water partition coefficient (Wildman–Crippen LogP) is 3.85. The average Bonchev–Trinajstić information content (AvgIpc) is 2.89. The van der Waals surface area contributed by atoms with Crippen LogP contribution in [0.25, 0.3) is 0 Å². The number of nitrogens with zero attached hydrogens (tertiary/aromatic N) is 1. The maximum absolute atomic E-state index is 12.6. The summed E-state index contributed by atoms with van der Waals surface area (Å²) in [5, 5.41) is 2.92. The molecule has 2 amide bonds. The molecule has 1 fully saturated rings. The van der Waals surface area contributed by atoms with Gasteiger partial charge in [0, 0.05) is 15.0 Å². The van der Waals surface area contributed by atoms with Crippen LogP contribution < -0.4 is 5.32 Å². The van der Waals surface area contributed by atoms with E-state index in [2.05, 4.69) is 27.9 Å². The van der Waals surface area contributed by atoms with E-state index in [0.29, 0.717) is 11.6 Å². The Hall–Kier alpha value is -0.960. The van der Waals surface area contributed by atoms with E-state index in [1.807, 2.05) is 45.9 Å². The minimum Gasteiger partial charge on any atom is -0.444 e. The molecule has 126 valence electrons. The van der Waals surface area contributed by atoms with Gasteiger partial charge < -0.3 is 10.1 Å². The number of benzene rings is 1. The van der Waals surface area contributed by atoms with Crippen LogP contribution in [0.2, 0.25) is 0 Å². The molecule has 1 saturated heterocycles. The highest BCUT2D eigenvalue weighted by atomic mass is 127. The number of anilines is 1. The number of hydrogen-bond acceptors (Lipinski definition) is 4. The molecule has 1 heterocycles. The molecular weight excluding hydrogens is 427 g/mol. The molecule has 0 spiro atoms. The van der Waals surface area contributed by atoms with Crippen LogP contribution in [-0.2, 0) is 9.53 Å². The standard InChI is InChI=1S/C16H21IN2O3S/c1-10-7-11(17)5-6-12(10)18-14(20)13-8-23-9-19(13)15(21)22-16(2,3)4/h5-7,13H,8-9H2,1-4H3,(H,18,20). The number of amides is 2. The van der Waals surface area contributed by atoms with E-state index in [-0.39, 0.29) is 5.91 Å². The minimum atomic E-state index is -0.571. The number of hydrogen-bond donors (Lipinski definition) is 1. The van der Waals surface area contributed by atoms with Gasteiger partial charge in [-0.15, -0.1) is 11.8 Å². The van der Waals surface area contributed by atoms with Gasteiger partial charge in [0.1, 0.15) is 11.6 Å². The lowest BCUT2D eigenvalue weighted by molar-refractivity contribution is -0.120. The first-order valence-corrected chi connectivity index (χ1v) is 9.55. The summed E-state index contributed by atoms with van der Waals surface area (Å²) in [6.07, 6.45) is -0.443. The van der Waals surface area contributed by atoms with Gasteiger partial charge in [0.05, 0.1) is 5.88 Å². The summed E-state index contributed by atoms with van der Waals surface area (Å²) in [5.74, 6) is 0.873. The smallest absolute Gasteiger partial charge is 0.411 e. The van der Waals surface area contributed by atoms with Gasteiger partial charge in [-0.2, -0.15) is 0 Å². The topological polar surface area (TPSA) is 58.6 Å². The fourth-order valence-electron chi connectivity index (χ4n) is 2.14. The lowest BCUT2D eigenvalue weighted by atomic mass is 10.2. The average molecular weight is 448 g/mol. The second-order valence-corrected chi connectivity index (χ2v) is 8.66. The van der Waals surface area contributed by atoms with Crippen molar-refractivity contribution in [2.45, 2.75) is 39.3 Å². The van der Waals surface area contributed by atoms with Crippen LogP contribution in [0.5, 0.6) is 0 Å². The molecule has 23 heavy (non-hydrogen) atoms. The molecule has 1 aliphatic heterocycles. The number of ether oxygens (including phenoxy) is 1. The zero-order chi connectivity index (χ0) is 17.2. The summed E-state index contributed by atoms with van der Waals surface area (Å²) in [6.45, 7) is 7.40. The van der Waals surface area contributed by atoms with Crippen LogP contribution in [0.15, 0.2) is 18.2 Å². The molecule has 2 rings (SSSR count). The van der Waals surface area contributed by atoms with Crippen molar-refractivity contribution < 1.29 is 14.3 Å². The van der Waals surface area contributed by atoms with Crippen LogP contribution in [0.3, 0.4) is 0 Å². The van der Waals surface area contributed by atoms with Gasteiger partial charge in [-0.3, -0.25) is 9.69 Å².